The van der Waals surface area contributed by atoms with Gasteiger partial charge in [-0.2, -0.15) is 13.2 Å². The number of carbonyl (C=O) groups excluding carboxylic acids is 1. The maximum absolute atomic E-state index is 12.2. The van der Waals surface area contributed by atoms with E-state index in [9.17, 15) is 18.0 Å². The number of likely N-dealkylation sites (tertiary alicyclic amines) is 1. The van der Waals surface area contributed by atoms with Crippen molar-refractivity contribution < 1.29 is 18.0 Å². The summed E-state index contributed by atoms with van der Waals surface area (Å²) in [6.07, 6.45) is -4.78. The number of fused-ring (bicyclic) bond motifs is 1. The Morgan fingerprint density at radius 3 is 2.56 bits per heavy atom. The molecule has 0 bridgehead atoms. The van der Waals surface area contributed by atoms with Crippen molar-refractivity contribution in [3.63, 3.8) is 0 Å². The quantitative estimate of drug-likeness (QED) is 0.612. The summed E-state index contributed by atoms with van der Waals surface area (Å²) in [4.78, 5) is 17.9. The molecule has 4 nitrogen and oxygen atoms in total. The fraction of sp³-hybridized carbons (Fsp3) is 0.778. The van der Waals surface area contributed by atoms with E-state index in [0.717, 1.165) is 10.7 Å². The zero-order valence-electron chi connectivity index (χ0n) is 8.95. The first kappa shape index (κ1) is 11.2. The number of carbonyl (C=O) groups is 1. The molecule has 0 saturated carbocycles. The van der Waals surface area contributed by atoms with Crippen LogP contribution in [0.1, 0.15) is 6.92 Å². The van der Waals surface area contributed by atoms with Crippen LogP contribution in [0.3, 0.4) is 0 Å². The molecular weight excluding hydrogens is 223 g/mol. The van der Waals surface area contributed by atoms with Crippen LogP contribution >= 0.6 is 0 Å². The topological polar surface area (TPSA) is 35.9 Å². The van der Waals surface area contributed by atoms with Crippen LogP contribution in [-0.2, 0) is 4.79 Å². The molecule has 2 atom stereocenters. The van der Waals surface area contributed by atoms with Crippen molar-refractivity contribution in [2.75, 3.05) is 20.1 Å². The molecule has 16 heavy (non-hydrogen) atoms. The highest BCUT2D eigenvalue weighted by Gasteiger charge is 2.49. The highest BCUT2D eigenvalue weighted by molar-refractivity contribution is 5.85. The third kappa shape index (κ3) is 1.64. The van der Waals surface area contributed by atoms with E-state index in [-0.39, 0.29) is 25.2 Å². The molecular formula is C9H12F3N3O. The first-order valence-corrected chi connectivity index (χ1v) is 4.94. The summed E-state index contributed by atoms with van der Waals surface area (Å²) in [6, 6.07) is -0.317. The van der Waals surface area contributed by atoms with Crippen LogP contribution < -0.4 is 0 Å². The van der Waals surface area contributed by atoms with Crippen LogP contribution in [0.25, 0.3) is 0 Å². The van der Waals surface area contributed by atoms with Crippen molar-refractivity contribution in [2.24, 2.45) is 4.99 Å². The monoisotopic (exact) mass is 235 g/mol. The van der Waals surface area contributed by atoms with E-state index >= 15 is 0 Å². The van der Waals surface area contributed by atoms with Crippen molar-refractivity contribution in [2.45, 2.75) is 25.2 Å². The molecule has 2 rings (SSSR count). The molecule has 0 aliphatic carbocycles. The van der Waals surface area contributed by atoms with Crippen LogP contribution in [0.2, 0.25) is 0 Å². The number of likely N-dealkylation sites (N-methyl/N-ethyl adjacent to an activating group) is 1. The fourth-order valence-electron chi connectivity index (χ4n) is 2.19. The number of nitrogens with zero attached hydrogens (tertiary/aromatic N) is 3. The molecule has 0 radical (unpaired) electrons. The Kier molecular flexibility index (Phi) is 2.36. The largest absolute Gasteiger partial charge is 0.471 e. The molecule has 1 fully saturated rings. The maximum atomic E-state index is 12.2. The summed E-state index contributed by atoms with van der Waals surface area (Å²) in [6.45, 7) is 1.97. The van der Waals surface area contributed by atoms with Gasteiger partial charge in [0.1, 0.15) is 0 Å². The molecule has 2 aliphatic heterocycles. The lowest BCUT2D eigenvalue weighted by molar-refractivity contribution is -0.184. The predicted octanol–water partition coefficient (Wildman–Crippen LogP) is 0.492. The fourth-order valence-corrected chi connectivity index (χ4v) is 2.19. The number of hydrogen-bond donors (Lipinski definition) is 0. The van der Waals surface area contributed by atoms with Crippen molar-refractivity contribution in [3.8, 4) is 0 Å². The first-order valence-electron chi connectivity index (χ1n) is 4.94. The van der Waals surface area contributed by atoms with Gasteiger partial charge in [0.25, 0.3) is 0 Å². The molecule has 90 valence electrons. The van der Waals surface area contributed by atoms with E-state index in [2.05, 4.69) is 4.99 Å². The number of aliphatic imine (C=N–C) groups is 1. The van der Waals surface area contributed by atoms with Gasteiger partial charge in [0, 0.05) is 20.1 Å². The Morgan fingerprint density at radius 1 is 1.44 bits per heavy atom. The van der Waals surface area contributed by atoms with E-state index in [4.69, 9.17) is 0 Å². The predicted molar refractivity (Wildman–Crippen MR) is 51.1 cm³/mol. The molecule has 0 aromatic carbocycles. The van der Waals surface area contributed by atoms with Crippen LogP contribution in [-0.4, -0.2) is 59.9 Å². The lowest BCUT2D eigenvalue weighted by Gasteiger charge is -2.22. The average Bonchev–Trinajstić information content (AvgIpc) is 2.66. The lowest BCUT2D eigenvalue weighted by atomic mass is 10.2. The van der Waals surface area contributed by atoms with Gasteiger partial charge in [0.05, 0.1) is 17.9 Å². The van der Waals surface area contributed by atoms with E-state index in [1.807, 2.05) is 11.8 Å². The Morgan fingerprint density at radius 2 is 2.06 bits per heavy atom. The summed E-state index contributed by atoms with van der Waals surface area (Å²) in [5.41, 5.74) is 0. The van der Waals surface area contributed by atoms with E-state index in [1.165, 1.54) is 0 Å². The second-order valence-corrected chi connectivity index (χ2v) is 4.13. The van der Waals surface area contributed by atoms with Gasteiger partial charge in [-0.1, -0.05) is 0 Å². The van der Waals surface area contributed by atoms with Crippen LogP contribution in [0.5, 0.6) is 0 Å². The molecule has 7 heteroatoms. The minimum Gasteiger partial charge on any atom is -0.357 e. The number of amides is 1. The van der Waals surface area contributed by atoms with E-state index in [1.54, 1.807) is 7.05 Å². The van der Waals surface area contributed by atoms with Crippen LogP contribution in [0.4, 0.5) is 13.2 Å². The summed E-state index contributed by atoms with van der Waals surface area (Å²) in [5.74, 6) is -0.947. The highest BCUT2D eigenvalue weighted by Crippen LogP contribution is 2.28. The number of rotatable bonds is 0. The molecule has 0 aromatic rings. The minimum atomic E-state index is -4.78. The Labute approximate surface area is 90.7 Å². The number of amidine groups is 1. The summed E-state index contributed by atoms with van der Waals surface area (Å²) >= 11 is 0. The van der Waals surface area contributed by atoms with Crippen molar-refractivity contribution in [1.29, 1.82) is 0 Å². The Hall–Kier alpha value is -1.27. The van der Waals surface area contributed by atoms with Gasteiger partial charge in [0.2, 0.25) is 0 Å². The molecule has 2 aliphatic rings. The second-order valence-electron chi connectivity index (χ2n) is 4.13. The van der Waals surface area contributed by atoms with E-state index in [0.29, 0.717) is 0 Å². The molecule has 2 unspecified atom stereocenters. The number of hydrogen-bond acceptors (Lipinski definition) is 3. The van der Waals surface area contributed by atoms with Crippen LogP contribution in [0, 0.1) is 0 Å². The Balaban J connectivity index is 2.08. The second kappa shape index (κ2) is 3.36. The number of alkyl halides is 3. The zero-order valence-corrected chi connectivity index (χ0v) is 8.95. The summed E-state index contributed by atoms with van der Waals surface area (Å²) < 4.78 is 36.6. The summed E-state index contributed by atoms with van der Waals surface area (Å²) in [7, 11) is 1.78. The van der Waals surface area contributed by atoms with Gasteiger partial charge in [-0.05, 0) is 6.92 Å². The van der Waals surface area contributed by atoms with E-state index < -0.39 is 12.1 Å². The van der Waals surface area contributed by atoms with Gasteiger partial charge >= 0.3 is 12.1 Å². The van der Waals surface area contributed by atoms with Crippen LogP contribution in [0.15, 0.2) is 4.99 Å². The standard InChI is InChI=1S/C9H12F3N3O/c1-5-13-6-3-15(4-7(6)14(5)2)8(16)9(10,11)12/h6-7H,3-4H2,1-2H3. The molecule has 1 amide bonds. The molecule has 1 saturated heterocycles. The normalized spacial score (nSPS) is 29.4. The summed E-state index contributed by atoms with van der Waals surface area (Å²) in [5, 5.41) is 0. The number of halogens is 3. The average molecular weight is 235 g/mol. The van der Waals surface area contributed by atoms with Gasteiger partial charge in [-0.15, -0.1) is 0 Å². The highest BCUT2D eigenvalue weighted by atomic mass is 19.4. The smallest absolute Gasteiger partial charge is 0.357 e. The van der Waals surface area contributed by atoms with Gasteiger partial charge in [0.15, 0.2) is 0 Å². The van der Waals surface area contributed by atoms with Crippen molar-refractivity contribution in [3.05, 3.63) is 0 Å². The van der Waals surface area contributed by atoms with Gasteiger partial charge < -0.3 is 9.80 Å². The Bertz CT molecular complexity index is 352. The molecule has 0 aromatic heterocycles. The third-order valence-electron chi connectivity index (χ3n) is 3.15. The lowest BCUT2D eigenvalue weighted by Crippen LogP contribution is -2.42. The van der Waals surface area contributed by atoms with Gasteiger partial charge in [-0.25, -0.2) is 0 Å². The first-order chi connectivity index (χ1) is 7.30. The molecule has 0 spiro atoms. The molecule has 2 heterocycles. The zero-order chi connectivity index (χ0) is 12.1. The van der Waals surface area contributed by atoms with Gasteiger partial charge in [-0.3, -0.25) is 9.79 Å². The van der Waals surface area contributed by atoms with Crippen molar-refractivity contribution >= 4 is 11.7 Å². The van der Waals surface area contributed by atoms with Crippen molar-refractivity contribution in [1.82, 2.24) is 9.80 Å². The third-order valence-corrected chi connectivity index (χ3v) is 3.15. The SMILES string of the molecule is CC1=NC2CN(C(=O)C(F)(F)F)CC2N1C. The molecule has 0 N–H and O–H groups in total. The minimum absolute atomic E-state index is 0.0602. The maximum Gasteiger partial charge on any atom is 0.471 e.